The lowest BCUT2D eigenvalue weighted by molar-refractivity contribution is -0.604. The molecule has 0 aliphatic carbocycles. The largest absolute Gasteiger partial charge is 0.619 e. The second kappa shape index (κ2) is 7.79. The molecule has 4 rings (SSSR count). The lowest BCUT2D eigenvalue weighted by Gasteiger charge is -2.14. The van der Waals surface area contributed by atoms with E-state index in [2.05, 4.69) is 10.3 Å². The van der Waals surface area contributed by atoms with Gasteiger partial charge >= 0.3 is 0 Å². The first-order valence-corrected chi connectivity index (χ1v) is 9.55. The van der Waals surface area contributed by atoms with Crippen LogP contribution in [0.3, 0.4) is 0 Å². The van der Waals surface area contributed by atoms with Crippen molar-refractivity contribution in [3.8, 4) is 16.8 Å². The van der Waals surface area contributed by atoms with Crippen molar-refractivity contribution in [3.05, 3.63) is 94.3 Å². The summed E-state index contributed by atoms with van der Waals surface area (Å²) in [5, 5.41) is 14.8. The molecule has 7 heteroatoms. The molecule has 0 unspecified atom stereocenters. The van der Waals surface area contributed by atoms with E-state index < -0.39 is 5.91 Å². The Balaban J connectivity index is 1.93. The van der Waals surface area contributed by atoms with Crippen molar-refractivity contribution in [1.29, 1.82) is 0 Å². The summed E-state index contributed by atoms with van der Waals surface area (Å²) in [4.78, 5) is 29.9. The lowest BCUT2D eigenvalue weighted by atomic mass is 10.1. The molecule has 1 N–H and O–H groups in total. The fraction of sp³-hybridized carbons (Fsp3) is 0.130. The highest BCUT2D eigenvalue weighted by molar-refractivity contribution is 5.97. The van der Waals surface area contributed by atoms with Gasteiger partial charge in [0.1, 0.15) is 11.2 Å². The van der Waals surface area contributed by atoms with Crippen LogP contribution >= 0.6 is 0 Å². The topological polar surface area (TPSA) is 90.9 Å². The van der Waals surface area contributed by atoms with Crippen LogP contribution in [-0.4, -0.2) is 21.5 Å². The molecule has 0 saturated carbocycles. The van der Waals surface area contributed by atoms with Crippen LogP contribution in [0.2, 0.25) is 0 Å². The molecule has 0 saturated heterocycles. The average molecular weight is 400 g/mol. The highest BCUT2D eigenvalue weighted by Crippen LogP contribution is 2.23. The first-order chi connectivity index (χ1) is 14.4. The van der Waals surface area contributed by atoms with Crippen LogP contribution in [0.15, 0.2) is 78.1 Å². The summed E-state index contributed by atoms with van der Waals surface area (Å²) in [6.45, 7) is 3.68. The van der Waals surface area contributed by atoms with Crippen molar-refractivity contribution in [2.24, 2.45) is 0 Å². The molecule has 0 atom stereocenters. The monoisotopic (exact) mass is 400 g/mol. The summed E-state index contributed by atoms with van der Waals surface area (Å²) in [6.07, 6.45) is 6.04. The third-order valence-corrected chi connectivity index (χ3v) is 4.66. The van der Waals surface area contributed by atoms with E-state index in [-0.39, 0.29) is 17.0 Å². The number of rotatable bonds is 4. The second-order valence-electron chi connectivity index (χ2n) is 7.25. The summed E-state index contributed by atoms with van der Waals surface area (Å²) >= 11 is 0. The molecule has 3 aromatic heterocycles. The van der Waals surface area contributed by atoms with E-state index >= 15 is 0 Å². The first kappa shape index (κ1) is 19.3. The number of hydrogen-bond donors (Lipinski definition) is 1. The molecule has 1 aromatic carbocycles. The normalized spacial score (nSPS) is 11.0. The predicted octanol–water partition coefficient (Wildman–Crippen LogP) is 2.82. The Morgan fingerprint density at radius 2 is 1.93 bits per heavy atom. The van der Waals surface area contributed by atoms with Crippen molar-refractivity contribution in [2.45, 2.75) is 19.9 Å². The van der Waals surface area contributed by atoms with Crippen LogP contribution in [0.4, 0.5) is 0 Å². The Bertz CT molecular complexity index is 1310. The number of amides is 1. The van der Waals surface area contributed by atoms with E-state index in [1.54, 1.807) is 29.0 Å². The summed E-state index contributed by atoms with van der Waals surface area (Å²) in [6, 6.07) is 14.3. The molecule has 4 aromatic rings. The van der Waals surface area contributed by atoms with Crippen molar-refractivity contribution in [3.63, 3.8) is 0 Å². The van der Waals surface area contributed by atoms with Crippen molar-refractivity contribution >= 4 is 16.9 Å². The number of pyridine rings is 3. The first-order valence-electron chi connectivity index (χ1n) is 9.55. The van der Waals surface area contributed by atoms with E-state index in [1.807, 2.05) is 44.2 Å². The number of fused-ring (bicyclic) bond motifs is 1. The zero-order chi connectivity index (χ0) is 21.3. The fourth-order valence-electron chi connectivity index (χ4n) is 3.32. The van der Waals surface area contributed by atoms with Crippen LogP contribution in [-0.2, 0) is 0 Å². The summed E-state index contributed by atoms with van der Waals surface area (Å²) < 4.78 is 2.47. The summed E-state index contributed by atoms with van der Waals surface area (Å²) in [7, 11) is 0. The standard InChI is InChI=1S/C23H20N4O3/c1-15(2)25-23(29)20-14-27(22-19(21(20)28)9-4-10-24-22)18-8-3-6-16(12-18)17-7-5-11-26(30)13-17/h3-15H,1-2H3,(H,25,29). The second-order valence-corrected chi connectivity index (χ2v) is 7.25. The summed E-state index contributed by atoms with van der Waals surface area (Å²) in [5.74, 6) is -0.430. The van der Waals surface area contributed by atoms with Gasteiger partial charge in [-0.1, -0.05) is 12.1 Å². The molecule has 0 fully saturated rings. The SMILES string of the molecule is CC(C)NC(=O)c1cn(-c2cccc(-c3ccc[n+]([O-])c3)c2)c2ncccc2c1=O. The molecule has 30 heavy (non-hydrogen) atoms. The molecule has 0 aliphatic heterocycles. The Morgan fingerprint density at radius 3 is 2.70 bits per heavy atom. The van der Waals surface area contributed by atoms with Crippen LogP contribution in [0.1, 0.15) is 24.2 Å². The number of nitrogens with one attached hydrogen (secondary N) is 1. The molecule has 0 spiro atoms. The molecule has 1 amide bonds. The highest BCUT2D eigenvalue weighted by Gasteiger charge is 2.17. The maximum absolute atomic E-state index is 12.9. The number of nitrogens with zero attached hydrogens (tertiary/aromatic N) is 3. The van der Waals surface area contributed by atoms with E-state index in [9.17, 15) is 14.8 Å². The molecule has 7 nitrogen and oxygen atoms in total. The summed E-state index contributed by atoms with van der Waals surface area (Å²) in [5.41, 5.74) is 2.44. The Labute approximate surface area is 172 Å². The Hall–Kier alpha value is -4.00. The van der Waals surface area contributed by atoms with Gasteiger partial charge in [0.25, 0.3) is 5.91 Å². The van der Waals surface area contributed by atoms with E-state index in [0.717, 1.165) is 21.5 Å². The smallest absolute Gasteiger partial charge is 0.256 e. The quantitative estimate of drug-likeness (QED) is 0.421. The molecular formula is C23H20N4O3. The number of benzene rings is 1. The predicted molar refractivity (Wildman–Crippen MR) is 114 cm³/mol. The van der Waals surface area contributed by atoms with Crippen LogP contribution < -0.4 is 15.5 Å². The van der Waals surface area contributed by atoms with Gasteiger partial charge in [0.15, 0.2) is 12.4 Å². The molecular weight excluding hydrogens is 380 g/mol. The van der Waals surface area contributed by atoms with Gasteiger partial charge in [-0.3, -0.25) is 9.59 Å². The van der Waals surface area contributed by atoms with Gasteiger partial charge in [-0.2, -0.15) is 4.73 Å². The number of aromatic nitrogens is 3. The molecule has 3 heterocycles. The van der Waals surface area contributed by atoms with Gasteiger partial charge in [0, 0.05) is 35.8 Å². The van der Waals surface area contributed by atoms with Gasteiger partial charge in [-0.25, -0.2) is 4.98 Å². The molecule has 0 aliphatic rings. The average Bonchev–Trinajstić information content (AvgIpc) is 2.74. The van der Waals surface area contributed by atoms with Crippen LogP contribution in [0.25, 0.3) is 27.8 Å². The molecule has 150 valence electrons. The minimum Gasteiger partial charge on any atom is -0.619 e. The van der Waals surface area contributed by atoms with Gasteiger partial charge in [0.05, 0.1) is 5.39 Å². The van der Waals surface area contributed by atoms with E-state index in [0.29, 0.717) is 11.0 Å². The third-order valence-electron chi connectivity index (χ3n) is 4.66. The maximum Gasteiger partial charge on any atom is 0.256 e. The van der Waals surface area contributed by atoms with Crippen LogP contribution in [0.5, 0.6) is 0 Å². The van der Waals surface area contributed by atoms with E-state index in [4.69, 9.17) is 0 Å². The van der Waals surface area contributed by atoms with Gasteiger partial charge in [-0.05, 0) is 49.7 Å². The highest BCUT2D eigenvalue weighted by atomic mass is 16.5. The van der Waals surface area contributed by atoms with Crippen molar-refractivity contribution in [2.75, 3.05) is 0 Å². The van der Waals surface area contributed by atoms with Gasteiger partial charge in [-0.15, -0.1) is 0 Å². The zero-order valence-corrected chi connectivity index (χ0v) is 16.6. The number of carbonyl (C=O) groups is 1. The van der Waals surface area contributed by atoms with E-state index in [1.165, 1.54) is 18.6 Å². The fourth-order valence-corrected chi connectivity index (χ4v) is 3.32. The minimum absolute atomic E-state index is 0.0479. The minimum atomic E-state index is -0.430. The van der Waals surface area contributed by atoms with Crippen molar-refractivity contribution in [1.82, 2.24) is 14.9 Å². The van der Waals surface area contributed by atoms with Crippen molar-refractivity contribution < 1.29 is 9.52 Å². The lowest BCUT2D eigenvalue weighted by Crippen LogP contribution is -2.34. The van der Waals surface area contributed by atoms with Crippen LogP contribution in [0, 0.1) is 5.21 Å². The molecule has 0 bridgehead atoms. The zero-order valence-electron chi connectivity index (χ0n) is 16.6. The Kier molecular flexibility index (Phi) is 5.02. The van der Waals surface area contributed by atoms with Gasteiger partial charge < -0.3 is 15.1 Å². The Morgan fingerprint density at radius 1 is 1.13 bits per heavy atom. The number of hydrogen-bond acceptors (Lipinski definition) is 4. The third kappa shape index (κ3) is 3.65. The molecule has 0 radical (unpaired) electrons. The number of carbonyl (C=O) groups excluding carboxylic acids is 1. The van der Waals surface area contributed by atoms with Gasteiger partial charge in [0.2, 0.25) is 5.43 Å². The maximum atomic E-state index is 12.9.